The summed E-state index contributed by atoms with van der Waals surface area (Å²) < 4.78 is 43.5. The maximum absolute atomic E-state index is 14.9. The second kappa shape index (κ2) is 7.42. The van der Waals surface area contributed by atoms with E-state index in [4.69, 9.17) is 16.3 Å². The van der Waals surface area contributed by atoms with Crippen LogP contribution in [0.15, 0.2) is 40.3 Å². The Bertz CT molecular complexity index is 1080. The van der Waals surface area contributed by atoms with Gasteiger partial charge in [0, 0.05) is 10.9 Å². The van der Waals surface area contributed by atoms with Crippen molar-refractivity contribution in [3.8, 4) is 0 Å². The average Bonchev–Trinajstić information content (AvgIpc) is 3.27. The van der Waals surface area contributed by atoms with Crippen molar-refractivity contribution in [2.24, 2.45) is 5.10 Å². The van der Waals surface area contributed by atoms with Crippen molar-refractivity contribution in [3.63, 3.8) is 0 Å². The van der Waals surface area contributed by atoms with Crippen molar-refractivity contribution in [2.75, 3.05) is 6.73 Å². The molecule has 0 fully saturated rings. The molecule has 2 heterocycles. The van der Waals surface area contributed by atoms with Crippen LogP contribution in [0.2, 0.25) is 5.02 Å². The Kier molecular flexibility index (Phi) is 5.17. The molecule has 160 valence electrons. The molecule has 0 aromatic heterocycles. The maximum Gasteiger partial charge on any atom is 0.274 e. The summed E-state index contributed by atoms with van der Waals surface area (Å²) in [6.45, 7) is 5.42. The fourth-order valence-electron chi connectivity index (χ4n) is 3.97. The molecule has 0 aliphatic carbocycles. The van der Waals surface area contributed by atoms with Crippen molar-refractivity contribution in [3.05, 3.63) is 63.4 Å². The Morgan fingerprint density at radius 2 is 2.03 bits per heavy atom. The Morgan fingerprint density at radius 1 is 1.30 bits per heavy atom. The summed E-state index contributed by atoms with van der Waals surface area (Å²) in [5, 5.41) is 4.37. The number of benzene rings is 2. The number of fused-ring (bicyclic) bond motifs is 1. The summed E-state index contributed by atoms with van der Waals surface area (Å²) in [7, 11) is -3.72. The molecular formula is C20H21ClFN3O4S. The van der Waals surface area contributed by atoms with Crippen LogP contribution in [0.5, 0.6) is 0 Å². The minimum atomic E-state index is -3.72. The molecule has 1 amide bonds. The minimum absolute atomic E-state index is 0.0633. The predicted molar refractivity (Wildman–Crippen MR) is 113 cm³/mol. The highest BCUT2D eigenvalue weighted by Crippen LogP contribution is 2.61. The van der Waals surface area contributed by atoms with Gasteiger partial charge in [0.2, 0.25) is 5.90 Å². The van der Waals surface area contributed by atoms with Crippen LogP contribution in [-0.4, -0.2) is 38.0 Å². The Hall–Kier alpha value is -2.33. The monoisotopic (exact) mass is 453 g/mol. The molecule has 2 aromatic rings. The van der Waals surface area contributed by atoms with E-state index in [0.717, 1.165) is 9.87 Å². The molecule has 2 aliphatic rings. The van der Waals surface area contributed by atoms with E-state index in [9.17, 15) is 18.3 Å². The standard InChI is InChI=1S/C20H21ClFN3O4S/c1-10-4-6-15(22)17(11(10)2)12(3)18(19-24-23-9-29-19)25-20(26)14-8-13(21)5-7-16(14)30(25,27)28/h4-8,12,18,23,27-28H,9H2,1-3H3/t12-,18+/m1/s1. The number of carbonyl (C=O) groups is 1. The third-order valence-corrected chi connectivity index (χ3v) is 7.71. The lowest BCUT2D eigenvalue weighted by molar-refractivity contribution is 0.0826. The second-order valence-corrected chi connectivity index (χ2v) is 9.63. The van der Waals surface area contributed by atoms with Crippen molar-refractivity contribution in [1.29, 1.82) is 0 Å². The molecule has 3 N–H and O–H groups in total. The van der Waals surface area contributed by atoms with E-state index in [1.165, 1.54) is 24.3 Å². The molecule has 0 unspecified atom stereocenters. The molecule has 0 bridgehead atoms. The zero-order valence-corrected chi connectivity index (χ0v) is 18.1. The van der Waals surface area contributed by atoms with E-state index in [0.29, 0.717) is 16.1 Å². The van der Waals surface area contributed by atoms with Gasteiger partial charge in [-0.3, -0.25) is 19.3 Å². The molecule has 0 radical (unpaired) electrons. The van der Waals surface area contributed by atoms with Crippen LogP contribution in [0.4, 0.5) is 4.39 Å². The number of nitrogens with one attached hydrogen (secondary N) is 1. The van der Waals surface area contributed by atoms with Gasteiger partial charge in [0.1, 0.15) is 11.9 Å². The van der Waals surface area contributed by atoms with Gasteiger partial charge >= 0.3 is 0 Å². The van der Waals surface area contributed by atoms with Crippen LogP contribution in [0.1, 0.15) is 39.9 Å². The molecular weight excluding hydrogens is 433 g/mol. The van der Waals surface area contributed by atoms with Crippen LogP contribution in [0.3, 0.4) is 0 Å². The number of amides is 1. The Morgan fingerprint density at radius 3 is 2.70 bits per heavy atom. The number of halogens is 2. The summed E-state index contributed by atoms with van der Waals surface area (Å²) in [5.74, 6) is -1.70. The number of hydrazone groups is 1. The van der Waals surface area contributed by atoms with E-state index in [1.54, 1.807) is 19.9 Å². The molecule has 2 aliphatic heterocycles. The van der Waals surface area contributed by atoms with Crippen LogP contribution in [-0.2, 0) is 4.74 Å². The lowest BCUT2D eigenvalue weighted by Crippen LogP contribution is -2.46. The van der Waals surface area contributed by atoms with Crippen molar-refractivity contribution >= 4 is 34.2 Å². The topological polar surface area (TPSA) is 94.4 Å². The largest absolute Gasteiger partial charge is 0.455 e. The summed E-state index contributed by atoms with van der Waals surface area (Å²) in [4.78, 5) is 13.4. The van der Waals surface area contributed by atoms with Gasteiger partial charge in [-0.15, -0.1) is 5.10 Å². The number of aryl methyl sites for hydroxylation is 1. The summed E-state index contributed by atoms with van der Waals surface area (Å²) in [5.41, 5.74) is 4.69. The Balaban J connectivity index is 1.88. The van der Waals surface area contributed by atoms with Gasteiger partial charge in [0.25, 0.3) is 5.91 Å². The number of ether oxygens (including phenoxy) is 1. The first-order valence-corrected chi connectivity index (χ1v) is 11.1. The van der Waals surface area contributed by atoms with Crippen LogP contribution in [0, 0.1) is 19.7 Å². The van der Waals surface area contributed by atoms with Gasteiger partial charge in [-0.05, 0) is 54.8 Å². The molecule has 0 saturated heterocycles. The van der Waals surface area contributed by atoms with Crippen molar-refractivity contribution in [1.82, 2.24) is 9.73 Å². The number of hydrogen-bond acceptors (Lipinski definition) is 6. The highest BCUT2D eigenvalue weighted by Gasteiger charge is 2.50. The quantitative estimate of drug-likeness (QED) is 0.627. The van der Waals surface area contributed by atoms with Crippen LogP contribution < -0.4 is 5.43 Å². The smallest absolute Gasteiger partial charge is 0.274 e. The number of carbonyl (C=O) groups excluding carboxylic acids is 1. The summed E-state index contributed by atoms with van der Waals surface area (Å²) in [6, 6.07) is 6.27. The first kappa shape index (κ1) is 20.9. The van der Waals surface area contributed by atoms with Crippen molar-refractivity contribution in [2.45, 2.75) is 37.6 Å². The summed E-state index contributed by atoms with van der Waals surface area (Å²) in [6.07, 6.45) is 0. The summed E-state index contributed by atoms with van der Waals surface area (Å²) >= 11 is 6.02. The fourth-order valence-corrected chi connectivity index (χ4v) is 5.97. The molecule has 0 saturated carbocycles. The van der Waals surface area contributed by atoms with Crippen LogP contribution in [0.25, 0.3) is 0 Å². The number of hydrogen-bond donors (Lipinski definition) is 3. The van der Waals surface area contributed by atoms with Crippen LogP contribution >= 0.6 is 22.4 Å². The first-order valence-electron chi connectivity index (χ1n) is 9.25. The van der Waals surface area contributed by atoms with E-state index >= 15 is 0 Å². The van der Waals surface area contributed by atoms with Gasteiger partial charge in [-0.25, -0.2) is 8.70 Å². The third kappa shape index (κ3) is 3.13. The molecule has 2 aromatic carbocycles. The molecule has 10 heteroatoms. The Labute approximate surface area is 180 Å². The van der Waals surface area contributed by atoms with E-state index in [-0.39, 0.29) is 23.1 Å². The number of rotatable bonds is 4. The van der Waals surface area contributed by atoms with E-state index in [2.05, 4.69) is 10.5 Å². The third-order valence-electron chi connectivity index (χ3n) is 5.58. The normalized spacial score (nSPS) is 20.2. The zero-order valence-electron chi connectivity index (χ0n) is 16.5. The minimum Gasteiger partial charge on any atom is -0.455 e. The second-order valence-electron chi connectivity index (χ2n) is 7.32. The predicted octanol–water partition coefficient (Wildman–Crippen LogP) is 4.64. The highest BCUT2D eigenvalue weighted by molar-refractivity contribution is 8.23. The van der Waals surface area contributed by atoms with Gasteiger partial charge in [-0.1, -0.05) is 35.4 Å². The average molecular weight is 454 g/mol. The lowest BCUT2D eigenvalue weighted by Gasteiger charge is -2.43. The molecule has 30 heavy (non-hydrogen) atoms. The van der Waals surface area contributed by atoms with Gasteiger partial charge in [-0.2, -0.15) is 0 Å². The van der Waals surface area contributed by atoms with Crippen molar-refractivity contribution < 1.29 is 23.0 Å². The SMILES string of the molecule is Cc1ccc(F)c([C@@H](C)[C@@H](C2=NNCO2)N2C(=O)c3cc(Cl)ccc3S2(O)O)c1C. The molecule has 2 atom stereocenters. The highest BCUT2D eigenvalue weighted by atomic mass is 35.5. The molecule has 0 spiro atoms. The fraction of sp³-hybridized carbons (Fsp3) is 0.300. The molecule has 4 rings (SSSR count). The number of nitrogens with zero attached hydrogens (tertiary/aromatic N) is 2. The first-order chi connectivity index (χ1) is 14.1. The van der Waals surface area contributed by atoms with Gasteiger partial charge in [0.15, 0.2) is 6.73 Å². The van der Waals surface area contributed by atoms with E-state index < -0.39 is 34.5 Å². The molecule has 7 nitrogen and oxygen atoms in total. The van der Waals surface area contributed by atoms with Gasteiger partial charge in [0.05, 0.1) is 10.5 Å². The maximum atomic E-state index is 14.9. The lowest BCUT2D eigenvalue weighted by atomic mass is 9.87. The zero-order chi connectivity index (χ0) is 21.8. The van der Waals surface area contributed by atoms with Gasteiger partial charge < -0.3 is 4.74 Å². The van der Waals surface area contributed by atoms with E-state index in [1.807, 2.05) is 6.92 Å².